The van der Waals surface area contributed by atoms with Gasteiger partial charge in [0.05, 0.1) is 26.4 Å². The first-order valence-corrected chi connectivity index (χ1v) is 44.7. The van der Waals surface area contributed by atoms with Gasteiger partial charge in [-0.05, 0) is 49.4 Å². The van der Waals surface area contributed by atoms with Crippen molar-refractivity contribution >= 4 is 39.5 Å². The number of hydrogen-bond acceptors (Lipinski definition) is 15. The summed E-state index contributed by atoms with van der Waals surface area (Å²) in [6.07, 6.45) is 57.0. The fourth-order valence-corrected chi connectivity index (χ4v) is 14.0. The Morgan fingerprint density at radius 3 is 0.710 bits per heavy atom. The maximum Gasteiger partial charge on any atom is 0.472 e. The third kappa shape index (κ3) is 73.0. The molecule has 0 saturated carbocycles. The number of phosphoric ester groups is 2. The Kier molecular flexibility index (Phi) is 68.7. The number of carbonyl (C=O) groups excluding carboxylic acids is 4. The van der Waals surface area contributed by atoms with Gasteiger partial charge in [-0.25, -0.2) is 9.13 Å². The van der Waals surface area contributed by atoms with E-state index in [1.54, 1.807) is 0 Å². The van der Waals surface area contributed by atoms with Crippen molar-refractivity contribution in [3.8, 4) is 0 Å². The molecule has 0 aliphatic carbocycles. The fourth-order valence-electron chi connectivity index (χ4n) is 12.4. The normalized spacial score (nSPS) is 14.3. The average Bonchev–Trinajstić information content (AvgIpc) is 0.951. The Morgan fingerprint density at radius 2 is 0.480 bits per heavy atom. The molecule has 3 N–H and O–H groups in total. The van der Waals surface area contributed by atoms with Crippen LogP contribution in [0.15, 0.2) is 0 Å². The number of esters is 4. The molecule has 0 bridgehead atoms. The van der Waals surface area contributed by atoms with Gasteiger partial charge in [0.1, 0.15) is 19.3 Å². The summed E-state index contributed by atoms with van der Waals surface area (Å²) >= 11 is 0. The molecule has 4 unspecified atom stereocenters. The van der Waals surface area contributed by atoms with Gasteiger partial charge in [-0.2, -0.15) is 0 Å². The second-order valence-electron chi connectivity index (χ2n) is 30.8. The standard InChI is InChI=1S/C81H158O17P2/c1-9-74(8)60-52-44-36-28-22-18-14-12-10-11-13-15-19-24-30-38-47-55-63-80(85)97-77(68-92-79(84)62-54-46-40-32-35-43-51-59-73(6)7)70-96-100(89,90)94-66-75(82)65-93-99(87,88)95-69-76(98-81(86)64-56-48-39-31-25-27-34-42-50-58-72(4)5)67-91-78(83)61-53-45-37-29-23-20-16-17-21-26-33-41-49-57-71(2)3/h71-77,82H,9-70H2,1-8H3,(H,87,88)(H,89,90)/t74?,75?,76-,77-/m1/s1. The molecule has 0 aliphatic heterocycles. The predicted molar refractivity (Wildman–Crippen MR) is 409 cm³/mol. The van der Waals surface area contributed by atoms with Crippen molar-refractivity contribution in [3.05, 3.63) is 0 Å². The van der Waals surface area contributed by atoms with E-state index in [1.165, 1.54) is 212 Å². The number of aliphatic hydroxyl groups excluding tert-OH is 1. The Hall–Kier alpha value is -1.94. The predicted octanol–water partition coefficient (Wildman–Crippen LogP) is 24.0. The first kappa shape index (κ1) is 98.1. The molecule has 0 rings (SSSR count). The summed E-state index contributed by atoms with van der Waals surface area (Å²) in [4.78, 5) is 73.0. The monoisotopic (exact) mass is 1470 g/mol. The van der Waals surface area contributed by atoms with Crippen molar-refractivity contribution in [3.63, 3.8) is 0 Å². The molecule has 0 heterocycles. The molecular formula is C81H158O17P2. The lowest BCUT2D eigenvalue weighted by atomic mass is 9.99. The minimum absolute atomic E-state index is 0.105. The van der Waals surface area contributed by atoms with Crippen LogP contribution in [0.5, 0.6) is 0 Å². The zero-order valence-electron chi connectivity index (χ0n) is 65.8. The SMILES string of the molecule is CCC(C)CCCCCCCCCCCCCCCCCCCCC(=O)O[C@H](COC(=O)CCCCCCCCCC(C)C)COP(=O)(O)OCC(O)COP(=O)(O)OC[C@@H](COC(=O)CCCCCCCCCCCCCCCC(C)C)OC(=O)CCCCCCCCCCCC(C)C. The smallest absolute Gasteiger partial charge is 0.462 e. The van der Waals surface area contributed by atoms with E-state index in [4.69, 9.17) is 37.0 Å². The van der Waals surface area contributed by atoms with E-state index in [0.29, 0.717) is 31.6 Å². The summed E-state index contributed by atoms with van der Waals surface area (Å²) in [5.74, 6) is 0.987. The number of carbonyl (C=O) groups is 4. The van der Waals surface area contributed by atoms with Gasteiger partial charge in [-0.1, -0.05) is 364 Å². The molecule has 0 spiro atoms. The van der Waals surface area contributed by atoms with Crippen molar-refractivity contribution in [2.75, 3.05) is 39.6 Å². The minimum Gasteiger partial charge on any atom is -0.462 e. The summed E-state index contributed by atoms with van der Waals surface area (Å²) in [5.41, 5.74) is 0. The van der Waals surface area contributed by atoms with Crippen LogP contribution < -0.4 is 0 Å². The number of unbranched alkanes of at least 4 members (excludes halogenated alkanes) is 43. The van der Waals surface area contributed by atoms with Crippen molar-refractivity contribution in [1.29, 1.82) is 0 Å². The summed E-state index contributed by atoms with van der Waals surface area (Å²) in [6, 6.07) is 0. The zero-order valence-corrected chi connectivity index (χ0v) is 67.6. The third-order valence-corrected chi connectivity index (χ3v) is 21.1. The number of phosphoric acid groups is 2. The van der Waals surface area contributed by atoms with E-state index >= 15 is 0 Å². The number of ether oxygens (including phenoxy) is 4. The lowest BCUT2D eigenvalue weighted by Gasteiger charge is -2.21. The number of hydrogen-bond donors (Lipinski definition) is 3. The molecule has 100 heavy (non-hydrogen) atoms. The first-order chi connectivity index (χ1) is 48.1. The molecule has 0 amide bonds. The molecule has 0 aliphatic rings. The van der Waals surface area contributed by atoms with Crippen molar-refractivity contribution < 1.29 is 80.2 Å². The molecule has 0 radical (unpaired) electrons. The third-order valence-electron chi connectivity index (χ3n) is 19.2. The molecule has 0 aromatic heterocycles. The molecule has 0 fully saturated rings. The van der Waals surface area contributed by atoms with Gasteiger partial charge in [0.25, 0.3) is 0 Å². The second-order valence-corrected chi connectivity index (χ2v) is 33.7. The maximum absolute atomic E-state index is 13.1. The molecular weight excluding hydrogens is 1310 g/mol. The topological polar surface area (TPSA) is 237 Å². The number of rotatable bonds is 78. The fraction of sp³-hybridized carbons (Fsp3) is 0.951. The van der Waals surface area contributed by atoms with Gasteiger partial charge in [-0.3, -0.25) is 37.3 Å². The van der Waals surface area contributed by atoms with Crippen LogP contribution >= 0.6 is 15.6 Å². The van der Waals surface area contributed by atoms with Gasteiger partial charge in [-0.15, -0.1) is 0 Å². The summed E-state index contributed by atoms with van der Waals surface area (Å²) in [5, 5.41) is 10.6. The van der Waals surface area contributed by atoms with E-state index in [1.807, 2.05) is 0 Å². The largest absolute Gasteiger partial charge is 0.472 e. The second kappa shape index (κ2) is 70.1. The molecule has 0 aromatic rings. The first-order valence-electron chi connectivity index (χ1n) is 41.7. The molecule has 19 heteroatoms. The Balaban J connectivity index is 5.18. The van der Waals surface area contributed by atoms with E-state index < -0.39 is 97.5 Å². The quantitative estimate of drug-likeness (QED) is 0.0222. The van der Waals surface area contributed by atoms with Crippen molar-refractivity contribution in [2.45, 2.75) is 433 Å². The van der Waals surface area contributed by atoms with Gasteiger partial charge >= 0.3 is 39.5 Å². The Bertz CT molecular complexity index is 1960. The zero-order chi connectivity index (χ0) is 73.8. The van der Waals surface area contributed by atoms with Crippen molar-refractivity contribution in [1.82, 2.24) is 0 Å². The molecule has 0 aromatic carbocycles. The van der Waals surface area contributed by atoms with Gasteiger partial charge in [0.15, 0.2) is 12.2 Å². The highest BCUT2D eigenvalue weighted by Gasteiger charge is 2.30. The van der Waals surface area contributed by atoms with Crippen LogP contribution in [0.3, 0.4) is 0 Å². The van der Waals surface area contributed by atoms with Gasteiger partial charge in [0, 0.05) is 25.7 Å². The Morgan fingerprint density at radius 1 is 0.280 bits per heavy atom. The van der Waals surface area contributed by atoms with Crippen LogP contribution in [0.4, 0.5) is 0 Å². The highest BCUT2D eigenvalue weighted by molar-refractivity contribution is 7.47. The van der Waals surface area contributed by atoms with Gasteiger partial charge in [0.2, 0.25) is 0 Å². The van der Waals surface area contributed by atoms with Crippen LogP contribution in [0.1, 0.15) is 415 Å². The van der Waals surface area contributed by atoms with Crippen LogP contribution in [-0.2, 0) is 65.4 Å². The van der Waals surface area contributed by atoms with E-state index in [-0.39, 0.29) is 25.7 Å². The Labute approximate surface area is 613 Å². The number of aliphatic hydroxyl groups is 1. The van der Waals surface area contributed by atoms with Gasteiger partial charge < -0.3 is 33.8 Å². The van der Waals surface area contributed by atoms with Crippen molar-refractivity contribution in [2.24, 2.45) is 23.7 Å². The molecule has 17 nitrogen and oxygen atoms in total. The van der Waals surface area contributed by atoms with Crippen LogP contribution in [0.2, 0.25) is 0 Å². The van der Waals surface area contributed by atoms with E-state index in [9.17, 15) is 43.2 Å². The average molecular weight is 1470 g/mol. The summed E-state index contributed by atoms with van der Waals surface area (Å²) in [7, 11) is -9.92. The summed E-state index contributed by atoms with van der Waals surface area (Å²) in [6.45, 7) is 14.2. The highest BCUT2D eigenvalue weighted by atomic mass is 31.2. The van der Waals surface area contributed by atoms with Crippen LogP contribution in [0, 0.1) is 23.7 Å². The minimum atomic E-state index is -4.96. The van der Waals surface area contributed by atoms with Crippen LogP contribution in [0.25, 0.3) is 0 Å². The lowest BCUT2D eigenvalue weighted by Crippen LogP contribution is -2.30. The summed E-state index contributed by atoms with van der Waals surface area (Å²) < 4.78 is 68.7. The van der Waals surface area contributed by atoms with Crippen LogP contribution in [-0.4, -0.2) is 96.7 Å². The molecule has 0 saturated heterocycles. The lowest BCUT2D eigenvalue weighted by molar-refractivity contribution is -0.161. The maximum atomic E-state index is 13.1. The van der Waals surface area contributed by atoms with E-state index in [0.717, 1.165) is 114 Å². The highest BCUT2D eigenvalue weighted by Crippen LogP contribution is 2.45. The molecule has 6 atom stereocenters. The molecule has 594 valence electrons. The van der Waals surface area contributed by atoms with E-state index in [2.05, 4.69) is 55.4 Å².